The summed E-state index contributed by atoms with van der Waals surface area (Å²) in [6.45, 7) is 6.60. The van der Waals surface area contributed by atoms with Crippen LogP contribution in [0.3, 0.4) is 0 Å². The second-order valence-electron chi connectivity index (χ2n) is 3.69. The van der Waals surface area contributed by atoms with Crippen molar-refractivity contribution in [2.75, 3.05) is 0 Å². The summed E-state index contributed by atoms with van der Waals surface area (Å²) < 4.78 is 0.254. The van der Waals surface area contributed by atoms with Gasteiger partial charge in [0.15, 0.2) is 5.75 Å². The third-order valence-electron chi connectivity index (χ3n) is 2.07. The first-order valence-electron chi connectivity index (χ1n) is 4.49. The van der Waals surface area contributed by atoms with E-state index in [4.69, 9.17) is 0 Å². The Kier molecular flexibility index (Phi) is 3.26. The molecule has 0 saturated heterocycles. The maximum Gasteiger partial charge on any atom is 0.178 e. The van der Waals surface area contributed by atoms with Crippen LogP contribution in [0.5, 0.6) is 5.75 Å². The summed E-state index contributed by atoms with van der Waals surface area (Å²) in [5, 5.41) is 10.8. The van der Waals surface area contributed by atoms with E-state index >= 15 is 0 Å². The Bertz CT molecular complexity index is 264. The van der Waals surface area contributed by atoms with Crippen LogP contribution in [0.2, 0.25) is 0 Å². The highest BCUT2D eigenvalue weighted by atomic mass is 32.2. The first-order chi connectivity index (χ1) is 6.03. The van der Waals surface area contributed by atoms with Gasteiger partial charge in [0.25, 0.3) is 0 Å². The molecule has 1 aromatic carbocycles. The standard InChI is InChI=1S/C11H15OS/c1-4-11(2,3)13-10-7-5-9(12)6-8-10/h5-8H,4H2,1-3H3. The van der Waals surface area contributed by atoms with Crippen LogP contribution in [0.1, 0.15) is 27.2 Å². The lowest BCUT2D eigenvalue weighted by atomic mass is 10.1. The maximum atomic E-state index is 10.8. The Hall–Kier alpha value is -0.630. The Morgan fingerprint density at radius 2 is 1.77 bits per heavy atom. The molecule has 1 rings (SSSR count). The van der Waals surface area contributed by atoms with Gasteiger partial charge in [0.2, 0.25) is 0 Å². The first-order valence-corrected chi connectivity index (χ1v) is 5.31. The molecule has 0 aliphatic carbocycles. The predicted molar refractivity (Wildman–Crippen MR) is 56.8 cm³/mol. The van der Waals surface area contributed by atoms with Crippen molar-refractivity contribution in [3.8, 4) is 5.75 Å². The molecule has 1 radical (unpaired) electrons. The summed E-state index contributed by atoms with van der Waals surface area (Å²) in [5.74, 6) is 0.0821. The average Bonchev–Trinajstić information content (AvgIpc) is 2.09. The van der Waals surface area contributed by atoms with Crippen LogP contribution in [0, 0.1) is 0 Å². The van der Waals surface area contributed by atoms with E-state index in [1.165, 1.54) is 4.90 Å². The van der Waals surface area contributed by atoms with Gasteiger partial charge in [-0.1, -0.05) is 20.8 Å². The number of rotatable bonds is 3. The number of thioether (sulfide) groups is 1. The molecule has 1 nitrogen and oxygen atoms in total. The van der Waals surface area contributed by atoms with Crippen molar-refractivity contribution in [2.45, 2.75) is 36.8 Å². The molecule has 0 heterocycles. The minimum absolute atomic E-state index is 0.0821. The molecular formula is C11H15OS. The zero-order valence-electron chi connectivity index (χ0n) is 8.33. The predicted octanol–water partition coefficient (Wildman–Crippen LogP) is 4.11. The number of hydrogen-bond acceptors (Lipinski definition) is 1. The van der Waals surface area contributed by atoms with Crippen LogP contribution in [-0.4, -0.2) is 4.75 Å². The first kappa shape index (κ1) is 10.5. The molecule has 0 aliphatic rings. The number of benzene rings is 1. The maximum absolute atomic E-state index is 10.8. The van der Waals surface area contributed by atoms with E-state index in [1.807, 2.05) is 23.9 Å². The molecule has 0 aliphatic heterocycles. The molecule has 71 valence electrons. The minimum Gasteiger partial charge on any atom is -0.290 e. The molecule has 0 unspecified atom stereocenters. The SMILES string of the molecule is CCC(C)(C)Sc1ccc([O])cc1. The van der Waals surface area contributed by atoms with Gasteiger partial charge in [0.05, 0.1) is 0 Å². The van der Waals surface area contributed by atoms with E-state index in [9.17, 15) is 5.11 Å². The minimum atomic E-state index is 0.0821. The molecular weight excluding hydrogens is 180 g/mol. The number of hydrogen-bond donors (Lipinski definition) is 0. The quantitative estimate of drug-likeness (QED) is 0.664. The fourth-order valence-corrected chi connectivity index (χ4v) is 1.95. The third-order valence-corrected chi connectivity index (χ3v) is 3.42. The zero-order valence-corrected chi connectivity index (χ0v) is 9.15. The highest BCUT2D eigenvalue weighted by Gasteiger charge is 2.16. The summed E-state index contributed by atoms with van der Waals surface area (Å²) in [6.07, 6.45) is 1.12. The molecule has 0 atom stereocenters. The van der Waals surface area contributed by atoms with Crippen molar-refractivity contribution in [1.29, 1.82) is 0 Å². The molecule has 0 spiro atoms. The van der Waals surface area contributed by atoms with Gasteiger partial charge in [-0.25, -0.2) is 0 Å². The lowest BCUT2D eigenvalue weighted by Gasteiger charge is -2.21. The van der Waals surface area contributed by atoms with Gasteiger partial charge in [0.1, 0.15) is 0 Å². The van der Waals surface area contributed by atoms with Crippen molar-refractivity contribution in [3.05, 3.63) is 24.3 Å². The van der Waals surface area contributed by atoms with Crippen molar-refractivity contribution < 1.29 is 5.11 Å². The molecule has 0 saturated carbocycles. The van der Waals surface area contributed by atoms with Gasteiger partial charge in [-0.3, -0.25) is 5.11 Å². The van der Waals surface area contributed by atoms with Gasteiger partial charge >= 0.3 is 0 Å². The fourth-order valence-electron chi connectivity index (χ4n) is 0.899. The normalized spacial score (nSPS) is 11.6. The molecule has 0 N–H and O–H groups in total. The summed E-state index contributed by atoms with van der Waals surface area (Å²) in [5.41, 5.74) is 0. The van der Waals surface area contributed by atoms with Crippen LogP contribution in [0.25, 0.3) is 0 Å². The van der Waals surface area contributed by atoms with Crippen molar-refractivity contribution in [2.24, 2.45) is 0 Å². The third kappa shape index (κ3) is 3.31. The van der Waals surface area contributed by atoms with Crippen LogP contribution >= 0.6 is 11.8 Å². The Labute approximate surface area is 84.2 Å². The van der Waals surface area contributed by atoms with Gasteiger partial charge in [0, 0.05) is 9.64 Å². The summed E-state index contributed by atoms with van der Waals surface area (Å²) in [7, 11) is 0. The van der Waals surface area contributed by atoms with E-state index in [-0.39, 0.29) is 10.5 Å². The second-order valence-corrected chi connectivity index (χ2v) is 5.47. The van der Waals surface area contributed by atoms with E-state index in [1.54, 1.807) is 12.1 Å². The summed E-state index contributed by atoms with van der Waals surface area (Å²) in [4.78, 5) is 1.17. The topological polar surface area (TPSA) is 19.9 Å². The fraction of sp³-hybridized carbons (Fsp3) is 0.455. The van der Waals surface area contributed by atoms with Gasteiger partial charge < -0.3 is 0 Å². The van der Waals surface area contributed by atoms with Crippen LogP contribution in [0.4, 0.5) is 0 Å². The molecule has 0 amide bonds. The molecule has 2 heteroatoms. The van der Waals surface area contributed by atoms with E-state index in [2.05, 4.69) is 20.8 Å². The Morgan fingerprint density at radius 3 is 2.23 bits per heavy atom. The van der Waals surface area contributed by atoms with E-state index in [0.717, 1.165) is 6.42 Å². The van der Waals surface area contributed by atoms with Gasteiger partial charge in [-0.05, 0) is 30.7 Å². The summed E-state index contributed by atoms with van der Waals surface area (Å²) >= 11 is 1.82. The van der Waals surface area contributed by atoms with Crippen molar-refractivity contribution in [1.82, 2.24) is 0 Å². The van der Waals surface area contributed by atoms with Crippen molar-refractivity contribution >= 4 is 11.8 Å². The van der Waals surface area contributed by atoms with Crippen LogP contribution in [0.15, 0.2) is 29.2 Å². The van der Waals surface area contributed by atoms with E-state index in [0.29, 0.717) is 0 Å². The molecule has 0 bridgehead atoms. The molecule has 1 aromatic rings. The zero-order chi connectivity index (χ0) is 9.90. The smallest absolute Gasteiger partial charge is 0.178 e. The average molecular weight is 195 g/mol. The molecule has 0 fully saturated rings. The lowest BCUT2D eigenvalue weighted by molar-refractivity contribution is 0.354. The Balaban J connectivity index is 2.69. The Morgan fingerprint density at radius 1 is 1.23 bits per heavy atom. The monoisotopic (exact) mass is 195 g/mol. The second kappa shape index (κ2) is 4.05. The molecule has 0 aromatic heterocycles. The van der Waals surface area contributed by atoms with Gasteiger partial charge in [-0.15, -0.1) is 11.8 Å². The molecule has 13 heavy (non-hydrogen) atoms. The van der Waals surface area contributed by atoms with Crippen LogP contribution < -0.4 is 0 Å². The highest BCUT2D eigenvalue weighted by molar-refractivity contribution is 8.00. The highest BCUT2D eigenvalue weighted by Crippen LogP contribution is 2.35. The van der Waals surface area contributed by atoms with Crippen molar-refractivity contribution in [3.63, 3.8) is 0 Å². The summed E-state index contributed by atoms with van der Waals surface area (Å²) in [6, 6.07) is 7.02. The largest absolute Gasteiger partial charge is 0.290 e. The van der Waals surface area contributed by atoms with Gasteiger partial charge in [-0.2, -0.15) is 0 Å². The lowest BCUT2D eigenvalue weighted by Crippen LogP contribution is -2.11. The van der Waals surface area contributed by atoms with E-state index < -0.39 is 0 Å². The van der Waals surface area contributed by atoms with Crippen LogP contribution in [-0.2, 0) is 5.11 Å².